The van der Waals surface area contributed by atoms with Gasteiger partial charge in [0.2, 0.25) is 0 Å². The molecule has 3 N–H and O–H groups in total. The number of pyridine rings is 1. The van der Waals surface area contributed by atoms with Gasteiger partial charge in [0.1, 0.15) is 5.82 Å². The molecule has 0 radical (unpaired) electrons. The van der Waals surface area contributed by atoms with Gasteiger partial charge in [-0.25, -0.2) is 13.8 Å². The molecule has 0 aromatic carbocycles. The van der Waals surface area contributed by atoms with Crippen LogP contribution in [0.25, 0.3) is 0 Å². The van der Waals surface area contributed by atoms with Gasteiger partial charge in [-0.05, 0) is 24.6 Å². The molecule has 0 aliphatic rings. The number of nitrogens with two attached hydrogens (primary N) is 1. The van der Waals surface area contributed by atoms with Gasteiger partial charge in [0.15, 0.2) is 0 Å². The van der Waals surface area contributed by atoms with Gasteiger partial charge in [0.05, 0.1) is 6.04 Å². The standard InChI is InChI=1S/C9H13F2N3/c1-6(9(10)11)14-8-4-7(5-12)2-3-13-8/h2-4,6,9H,5,12H2,1H3,(H,13,14)/t6-/m1/s1. The van der Waals surface area contributed by atoms with E-state index in [-0.39, 0.29) is 0 Å². The maximum absolute atomic E-state index is 12.2. The minimum absolute atomic E-state index is 0.375. The molecule has 5 heteroatoms. The Labute approximate surface area is 81.3 Å². The lowest BCUT2D eigenvalue weighted by molar-refractivity contribution is 0.130. The maximum Gasteiger partial charge on any atom is 0.258 e. The first kappa shape index (κ1) is 10.8. The summed E-state index contributed by atoms with van der Waals surface area (Å²) in [6, 6.07) is 2.51. The molecule has 1 atom stereocenters. The van der Waals surface area contributed by atoms with Crippen molar-refractivity contribution in [2.45, 2.75) is 25.9 Å². The van der Waals surface area contributed by atoms with Crippen molar-refractivity contribution in [3.8, 4) is 0 Å². The second-order valence-corrected chi connectivity index (χ2v) is 3.02. The van der Waals surface area contributed by atoms with E-state index in [0.717, 1.165) is 5.56 Å². The first-order valence-corrected chi connectivity index (χ1v) is 4.33. The van der Waals surface area contributed by atoms with Crippen LogP contribution in [0.5, 0.6) is 0 Å². The van der Waals surface area contributed by atoms with Crippen molar-refractivity contribution in [3.05, 3.63) is 23.9 Å². The van der Waals surface area contributed by atoms with Gasteiger partial charge in [0, 0.05) is 12.7 Å². The molecule has 1 heterocycles. The smallest absolute Gasteiger partial charge is 0.258 e. The van der Waals surface area contributed by atoms with Crippen LogP contribution in [0.4, 0.5) is 14.6 Å². The van der Waals surface area contributed by atoms with Crippen LogP contribution in [0.2, 0.25) is 0 Å². The fourth-order valence-electron chi connectivity index (χ4n) is 0.976. The average molecular weight is 201 g/mol. The zero-order valence-corrected chi connectivity index (χ0v) is 7.87. The molecule has 0 saturated heterocycles. The van der Waals surface area contributed by atoms with Crippen molar-refractivity contribution >= 4 is 5.82 Å². The Bertz CT molecular complexity index is 291. The molecule has 0 aliphatic heterocycles. The highest BCUT2D eigenvalue weighted by Crippen LogP contribution is 2.10. The Morgan fingerprint density at radius 1 is 1.57 bits per heavy atom. The van der Waals surface area contributed by atoms with Crippen molar-refractivity contribution in [1.29, 1.82) is 0 Å². The Balaban J connectivity index is 2.66. The lowest BCUT2D eigenvalue weighted by Crippen LogP contribution is -2.24. The van der Waals surface area contributed by atoms with Crippen molar-refractivity contribution in [1.82, 2.24) is 4.98 Å². The van der Waals surface area contributed by atoms with E-state index >= 15 is 0 Å². The van der Waals surface area contributed by atoms with Gasteiger partial charge < -0.3 is 11.1 Å². The fraction of sp³-hybridized carbons (Fsp3) is 0.444. The lowest BCUT2D eigenvalue weighted by Gasteiger charge is -2.13. The Morgan fingerprint density at radius 2 is 2.29 bits per heavy atom. The summed E-state index contributed by atoms with van der Waals surface area (Å²) >= 11 is 0. The second-order valence-electron chi connectivity index (χ2n) is 3.02. The molecule has 78 valence electrons. The highest BCUT2D eigenvalue weighted by Gasteiger charge is 2.14. The number of nitrogens with one attached hydrogen (secondary N) is 1. The summed E-state index contributed by atoms with van der Waals surface area (Å²) in [7, 11) is 0. The minimum atomic E-state index is -2.40. The highest BCUT2D eigenvalue weighted by atomic mass is 19.3. The van der Waals surface area contributed by atoms with E-state index in [1.165, 1.54) is 6.92 Å². The SMILES string of the molecule is C[C@@H](Nc1cc(CN)ccn1)C(F)F. The lowest BCUT2D eigenvalue weighted by atomic mass is 10.2. The molecule has 0 spiro atoms. The summed E-state index contributed by atoms with van der Waals surface area (Å²) in [4.78, 5) is 3.91. The number of hydrogen-bond acceptors (Lipinski definition) is 3. The summed E-state index contributed by atoms with van der Waals surface area (Å²) < 4.78 is 24.4. The number of alkyl halides is 2. The average Bonchev–Trinajstić information content (AvgIpc) is 2.18. The highest BCUT2D eigenvalue weighted by molar-refractivity contribution is 5.38. The van der Waals surface area contributed by atoms with Gasteiger partial charge in [-0.3, -0.25) is 0 Å². The molecule has 0 fully saturated rings. The number of halogens is 2. The molecule has 3 nitrogen and oxygen atoms in total. The van der Waals surface area contributed by atoms with Crippen LogP contribution in [0.3, 0.4) is 0 Å². The van der Waals surface area contributed by atoms with Crippen LogP contribution >= 0.6 is 0 Å². The van der Waals surface area contributed by atoms with E-state index in [1.54, 1.807) is 18.3 Å². The summed E-state index contributed by atoms with van der Waals surface area (Å²) in [5, 5.41) is 2.60. The number of aromatic nitrogens is 1. The van der Waals surface area contributed by atoms with E-state index < -0.39 is 12.5 Å². The monoisotopic (exact) mass is 201 g/mol. The third kappa shape index (κ3) is 2.92. The Morgan fingerprint density at radius 3 is 2.86 bits per heavy atom. The molecule has 0 aliphatic carbocycles. The first-order chi connectivity index (χ1) is 6.63. The predicted octanol–water partition coefficient (Wildman–Crippen LogP) is 1.61. The van der Waals surface area contributed by atoms with E-state index in [4.69, 9.17) is 5.73 Å². The van der Waals surface area contributed by atoms with Crippen LogP contribution in [0, 0.1) is 0 Å². The van der Waals surface area contributed by atoms with Gasteiger partial charge in [0.25, 0.3) is 6.43 Å². The molecule has 14 heavy (non-hydrogen) atoms. The van der Waals surface area contributed by atoms with Crippen LogP contribution in [0.1, 0.15) is 12.5 Å². The number of hydrogen-bond donors (Lipinski definition) is 2. The van der Waals surface area contributed by atoms with Gasteiger partial charge in [-0.1, -0.05) is 0 Å². The molecule has 0 amide bonds. The van der Waals surface area contributed by atoms with Gasteiger partial charge >= 0.3 is 0 Å². The second kappa shape index (κ2) is 4.85. The molecule has 0 saturated carbocycles. The first-order valence-electron chi connectivity index (χ1n) is 4.33. The van der Waals surface area contributed by atoms with Crippen molar-refractivity contribution in [3.63, 3.8) is 0 Å². The zero-order valence-electron chi connectivity index (χ0n) is 7.87. The van der Waals surface area contributed by atoms with E-state index in [9.17, 15) is 8.78 Å². The van der Waals surface area contributed by atoms with E-state index in [1.807, 2.05) is 0 Å². The normalized spacial score (nSPS) is 12.9. The maximum atomic E-state index is 12.2. The quantitative estimate of drug-likeness (QED) is 0.778. The predicted molar refractivity (Wildman–Crippen MR) is 51.2 cm³/mol. The minimum Gasteiger partial charge on any atom is -0.362 e. The molecular weight excluding hydrogens is 188 g/mol. The molecular formula is C9H13F2N3. The molecule has 1 rings (SSSR count). The number of rotatable bonds is 4. The number of anilines is 1. The Kier molecular flexibility index (Phi) is 3.76. The molecule has 0 bridgehead atoms. The van der Waals surface area contributed by atoms with Gasteiger partial charge in [-0.15, -0.1) is 0 Å². The van der Waals surface area contributed by atoms with Crippen LogP contribution < -0.4 is 11.1 Å². The van der Waals surface area contributed by atoms with Crippen LogP contribution in [-0.4, -0.2) is 17.5 Å². The van der Waals surface area contributed by atoms with E-state index in [2.05, 4.69) is 10.3 Å². The third-order valence-electron chi connectivity index (χ3n) is 1.81. The molecule has 0 unspecified atom stereocenters. The van der Waals surface area contributed by atoms with E-state index in [0.29, 0.717) is 12.4 Å². The van der Waals surface area contributed by atoms with Crippen molar-refractivity contribution in [2.24, 2.45) is 5.73 Å². The fourth-order valence-corrected chi connectivity index (χ4v) is 0.976. The van der Waals surface area contributed by atoms with Crippen molar-refractivity contribution < 1.29 is 8.78 Å². The van der Waals surface area contributed by atoms with Crippen molar-refractivity contribution in [2.75, 3.05) is 5.32 Å². The zero-order chi connectivity index (χ0) is 10.6. The van der Waals surface area contributed by atoms with Crippen LogP contribution in [0.15, 0.2) is 18.3 Å². The molecule has 1 aromatic rings. The van der Waals surface area contributed by atoms with Crippen LogP contribution in [-0.2, 0) is 6.54 Å². The number of nitrogens with zero attached hydrogens (tertiary/aromatic N) is 1. The Hall–Kier alpha value is -1.23. The van der Waals surface area contributed by atoms with Gasteiger partial charge in [-0.2, -0.15) is 0 Å². The third-order valence-corrected chi connectivity index (χ3v) is 1.81. The summed E-state index contributed by atoms with van der Waals surface area (Å²) in [5.74, 6) is 0.431. The topological polar surface area (TPSA) is 50.9 Å². The summed E-state index contributed by atoms with van der Waals surface area (Å²) in [6.07, 6.45) is -0.860. The summed E-state index contributed by atoms with van der Waals surface area (Å²) in [6.45, 7) is 1.78. The molecule has 1 aromatic heterocycles. The summed E-state index contributed by atoms with van der Waals surface area (Å²) in [5.41, 5.74) is 6.27. The largest absolute Gasteiger partial charge is 0.362 e.